The molecule has 1 N–H and O–H groups in total. The minimum absolute atomic E-state index is 0. The van der Waals surface area contributed by atoms with E-state index in [1.807, 2.05) is 6.92 Å². The van der Waals surface area contributed by atoms with Gasteiger partial charge in [0.25, 0.3) is 0 Å². The molecule has 0 aromatic rings. The van der Waals surface area contributed by atoms with Crippen molar-refractivity contribution >= 4 is 11.7 Å². The predicted molar refractivity (Wildman–Crippen MR) is 97.0 cm³/mol. The Labute approximate surface area is 148 Å². The molecule has 0 heterocycles. The maximum atomic E-state index is 11.9. The Morgan fingerprint density at radius 1 is 1.08 bits per heavy atom. The number of amides is 1. The number of carbonyl (C=O) groups excluding carboxylic acids is 2. The Kier molecular flexibility index (Phi) is 10.9. The van der Waals surface area contributed by atoms with E-state index in [2.05, 4.69) is 19.2 Å². The highest BCUT2D eigenvalue weighted by Crippen LogP contribution is 2.25. The Balaban J connectivity index is 0.00000576. The number of ketones is 1. The van der Waals surface area contributed by atoms with Gasteiger partial charge in [-0.25, -0.2) is 0 Å². The third kappa shape index (κ3) is 9.38. The van der Waals surface area contributed by atoms with Crippen LogP contribution >= 0.6 is 0 Å². The number of Topliss-reactive ketones (excluding diaryl/α,β-unsaturated/α-hetero) is 1. The van der Waals surface area contributed by atoms with E-state index in [1.54, 1.807) is 0 Å². The summed E-state index contributed by atoms with van der Waals surface area (Å²) in [6, 6.07) is 0.225. The van der Waals surface area contributed by atoms with Gasteiger partial charge in [-0.3, -0.25) is 9.59 Å². The van der Waals surface area contributed by atoms with Gasteiger partial charge in [-0.2, -0.15) is 0 Å². The first-order valence-electron chi connectivity index (χ1n) is 9.50. The maximum absolute atomic E-state index is 11.9. The Morgan fingerprint density at radius 3 is 2.38 bits per heavy atom. The minimum atomic E-state index is 0. The SMILES string of the molecule is CCC(=O)C1CCC(NC(=O)CCOCCCOCC(C)C)CC1.[HH]. The Bertz CT molecular complexity index is 368. The average Bonchev–Trinajstić information content (AvgIpc) is 2.57. The molecule has 0 spiro atoms. The summed E-state index contributed by atoms with van der Waals surface area (Å²) in [6.45, 7) is 8.77. The number of nitrogens with one attached hydrogen (secondary N) is 1. The first kappa shape index (κ1) is 21.1. The molecule has 1 aliphatic rings. The van der Waals surface area contributed by atoms with Gasteiger partial charge in [0.1, 0.15) is 5.78 Å². The van der Waals surface area contributed by atoms with E-state index in [0.29, 0.717) is 44.4 Å². The van der Waals surface area contributed by atoms with Gasteiger partial charge in [0.15, 0.2) is 0 Å². The van der Waals surface area contributed by atoms with E-state index in [1.165, 1.54) is 0 Å². The summed E-state index contributed by atoms with van der Waals surface area (Å²) in [6.07, 6.45) is 5.54. The third-order valence-corrected chi connectivity index (χ3v) is 4.40. The van der Waals surface area contributed by atoms with Crippen LogP contribution in [0.4, 0.5) is 0 Å². The predicted octanol–water partition coefficient (Wildman–Crippen LogP) is 3.36. The van der Waals surface area contributed by atoms with Crippen molar-refractivity contribution in [2.24, 2.45) is 11.8 Å². The fourth-order valence-corrected chi connectivity index (χ4v) is 3.00. The zero-order valence-electron chi connectivity index (χ0n) is 15.6. The van der Waals surface area contributed by atoms with Gasteiger partial charge in [-0.05, 0) is 38.0 Å². The van der Waals surface area contributed by atoms with Crippen molar-refractivity contribution in [1.29, 1.82) is 0 Å². The molecule has 1 saturated carbocycles. The summed E-state index contributed by atoms with van der Waals surface area (Å²) < 4.78 is 11.0. The molecule has 5 heteroatoms. The fraction of sp³-hybridized carbons (Fsp3) is 0.895. The zero-order valence-corrected chi connectivity index (χ0v) is 15.6. The van der Waals surface area contributed by atoms with Crippen LogP contribution in [0.5, 0.6) is 0 Å². The highest BCUT2D eigenvalue weighted by molar-refractivity contribution is 5.80. The van der Waals surface area contributed by atoms with Gasteiger partial charge >= 0.3 is 0 Å². The Hall–Kier alpha value is -0.940. The van der Waals surface area contributed by atoms with Crippen LogP contribution in [0.15, 0.2) is 0 Å². The quantitative estimate of drug-likeness (QED) is 0.552. The topological polar surface area (TPSA) is 64.6 Å². The van der Waals surface area contributed by atoms with Gasteiger partial charge in [-0.15, -0.1) is 0 Å². The Morgan fingerprint density at radius 2 is 1.75 bits per heavy atom. The molecular formula is C19H37NO4. The molecule has 1 aliphatic carbocycles. The molecule has 142 valence electrons. The van der Waals surface area contributed by atoms with Crippen molar-refractivity contribution in [3.05, 3.63) is 0 Å². The standard InChI is InChI=1S/C19H35NO4.H2/c1-4-18(21)16-6-8-17(9-7-16)20-19(22)10-13-23-11-5-12-24-14-15(2)3;/h15-17H,4-14H2,1-3H3,(H,20,22);1H. The van der Waals surface area contributed by atoms with Gasteiger partial charge < -0.3 is 14.8 Å². The number of hydrogen-bond donors (Lipinski definition) is 1. The summed E-state index contributed by atoms with van der Waals surface area (Å²) in [4.78, 5) is 23.6. The second-order valence-electron chi connectivity index (χ2n) is 7.12. The molecule has 0 saturated heterocycles. The highest BCUT2D eigenvalue weighted by Gasteiger charge is 2.25. The fourth-order valence-electron chi connectivity index (χ4n) is 3.00. The van der Waals surface area contributed by atoms with Gasteiger partial charge in [0, 0.05) is 46.0 Å². The van der Waals surface area contributed by atoms with Crippen LogP contribution in [-0.4, -0.2) is 44.2 Å². The lowest BCUT2D eigenvalue weighted by molar-refractivity contribution is -0.124. The highest BCUT2D eigenvalue weighted by atomic mass is 16.5. The van der Waals surface area contributed by atoms with E-state index < -0.39 is 0 Å². The maximum Gasteiger partial charge on any atom is 0.222 e. The largest absolute Gasteiger partial charge is 0.381 e. The van der Waals surface area contributed by atoms with E-state index in [9.17, 15) is 9.59 Å². The molecule has 0 unspecified atom stereocenters. The minimum Gasteiger partial charge on any atom is -0.381 e. The van der Waals surface area contributed by atoms with Crippen LogP contribution in [0.25, 0.3) is 0 Å². The smallest absolute Gasteiger partial charge is 0.222 e. The normalized spacial score (nSPS) is 21.0. The zero-order chi connectivity index (χ0) is 17.8. The van der Waals surface area contributed by atoms with Crippen LogP contribution in [0, 0.1) is 11.8 Å². The average molecular weight is 344 g/mol. The van der Waals surface area contributed by atoms with Crippen LogP contribution in [0.3, 0.4) is 0 Å². The number of ether oxygens (including phenoxy) is 2. The molecule has 1 fully saturated rings. The van der Waals surface area contributed by atoms with Crippen molar-refractivity contribution in [3.63, 3.8) is 0 Å². The molecule has 1 rings (SSSR count). The lowest BCUT2D eigenvalue weighted by Crippen LogP contribution is -2.39. The monoisotopic (exact) mass is 343 g/mol. The van der Waals surface area contributed by atoms with E-state index in [-0.39, 0.29) is 19.3 Å². The summed E-state index contributed by atoms with van der Waals surface area (Å²) in [5.41, 5.74) is 0. The molecular weight excluding hydrogens is 306 g/mol. The van der Waals surface area contributed by atoms with Crippen LogP contribution < -0.4 is 5.32 Å². The van der Waals surface area contributed by atoms with E-state index >= 15 is 0 Å². The molecule has 24 heavy (non-hydrogen) atoms. The van der Waals surface area contributed by atoms with Crippen LogP contribution in [0.2, 0.25) is 0 Å². The number of hydrogen-bond acceptors (Lipinski definition) is 4. The van der Waals surface area contributed by atoms with Gasteiger partial charge in [0.2, 0.25) is 5.91 Å². The van der Waals surface area contributed by atoms with Crippen LogP contribution in [0.1, 0.15) is 67.1 Å². The molecule has 5 nitrogen and oxygen atoms in total. The summed E-state index contributed by atoms with van der Waals surface area (Å²) >= 11 is 0. The van der Waals surface area contributed by atoms with Crippen molar-refractivity contribution < 1.29 is 20.5 Å². The molecule has 0 radical (unpaired) electrons. The van der Waals surface area contributed by atoms with Gasteiger partial charge in [0.05, 0.1) is 6.61 Å². The molecule has 0 aliphatic heterocycles. The molecule has 0 atom stereocenters. The molecule has 0 aromatic carbocycles. The lowest BCUT2D eigenvalue weighted by atomic mass is 9.83. The first-order valence-corrected chi connectivity index (χ1v) is 9.50. The van der Waals surface area contributed by atoms with Crippen LogP contribution in [-0.2, 0) is 19.1 Å². The van der Waals surface area contributed by atoms with Crippen molar-refractivity contribution in [2.75, 3.05) is 26.4 Å². The van der Waals surface area contributed by atoms with E-state index in [0.717, 1.165) is 38.7 Å². The van der Waals surface area contributed by atoms with Gasteiger partial charge in [-0.1, -0.05) is 20.8 Å². The summed E-state index contributed by atoms with van der Waals surface area (Å²) in [7, 11) is 0. The molecule has 0 bridgehead atoms. The molecule has 0 aromatic heterocycles. The summed E-state index contributed by atoms with van der Waals surface area (Å²) in [5.74, 6) is 1.19. The second-order valence-corrected chi connectivity index (χ2v) is 7.12. The van der Waals surface area contributed by atoms with Crippen molar-refractivity contribution in [3.8, 4) is 0 Å². The summed E-state index contributed by atoms with van der Waals surface area (Å²) in [5, 5.41) is 3.07. The van der Waals surface area contributed by atoms with Crippen molar-refractivity contribution in [1.82, 2.24) is 5.32 Å². The van der Waals surface area contributed by atoms with Crippen molar-refractivity contribution in [2.45, 2.75) is 71.8 Å². The molecule has 1 amide bonds. The second kappa shape index (κ2) is 12.4. The number of rotatable bonds is 12. The number of carbonyl (C=O) groups is 2. The first-order chi connectivity index (χ1) is 11.5. The third-order valence-electron chi connectivity index (χ3n) is 4.40. The van der Waals surface area contributed by atoms with E-state index in [4.69, 9.17) is 9.47 Å². The lowest BCUT2D eigenvalue weighted by Gasteiger charge is -2.28.